The summed E-state index contributed by atoms with van der Waals surface area (Å²) in [5.74, 6) is -0.969. The molecule has 0 spiro atoms. The molecule has 1 aliphatic rings. The number of hydrogen-bond donors (Lipinski definition) is 3. The van der Waals surface area contributed by atoms with Crippen LogP contribution < -0.4 is 0 Å². The van der Waals surface area contributed by atoms with Gasteiger partial charge in [0.2, 0.25) is 0 Å². The molecule has 0 bridgehead atoms. The molecule has 0 radical (unpaired) electrons. The van der Waals surface area contributed by atoms with Crippen LogP contribution in [0, 0.1) is 0 Å². The molecule has 8 heteroatoms. The van der Waals surface area contributed by atoms with Gasteiger partial charge in [-0.25, -0.2) is 0 Å². The molecular weight excluding hydrogens is 488 g/mol. The number of Topliss-reactive ketones (excluding diaryl/α,β-unsaturated/α-hetero) is 1. The van der Waals surface area contributed by atoms with Gasteiger partial charge in [-0.05, 0) is 12.8 Å². The van der Waals surface area contributed by atoms with E-state index in [0.717, 1.165) is 38.5 Å². The summed E-state index contributed by atoms with van der Waals surface area (Å²) < 4.78 is 16.4. The summed E-state index contributed by atoms with van der Waals surface area (Å²) in [4.78, 5) is 24.7. The Morgan fingerprint density at radius 1 is 0.711 bits per heavy atom. The topological polar surface area (TPSA) is 123 Å². The molecule has 1 aliphatic heterocycles. The van der Waals surface area contributed by atoms with E-state index in [1.807, 2.05) is 0 Å². The van der Waals surface area contributed by atoms with Gasteiger partial charge in [-0.1, -0.05) is 110 Å². The van der Waals surface area contributed by atoms with Gasteiger partial charge in [-0.2, -0.15) is 0 Å². The summed E-state index contributed by atoms with van der Waals surface area (Å²) in [6.45, 7) is 4.22. The van der Waals surface area contributed by atoms with Crippen molar-refractivity contribution in [3.05, 3.63) is 0 Å². The maximum atomic E-state index is 12.5. The van der Waals surface area contributed by atoms with Gasteiger partial charge in [0.15, 0.2) is 12.4 Å². The lowest BCUT2D eigenvalue weighted by molar-refractivity contribution is -0.298. The zero-order chi connectivity index (χ0) is 28.0. The molecule has 5 atom stereocenters. The largest absolute Gasteiger partial charge is 0.454 e. The highest BCUT2D eigenvalue weighted by Crippen LogP contribution is 2.26. The Morgan fingerprint density at radius 3 is 1.74 bits per heavy atom. The van der Waals surface area contributed by atoms with Gasteiger partial charge in [0, 0.05) is 13.0 Å². The van der Waals surface area contributed by atoms with Crippen LogP contribution in [0.2, 0.25) is 0 Å². The number of rotatable bonds is 24. The Bertz CT molecular complexity index is 599. The van der Waals surface area contributed by atoms with E-state index in [-0.39, 0.29) is 12.2 Å². The minimum absolute atomic E-state index is 0.200. The van der Waals surface area contributed by atoms with E-state index < -0.39 is 43.3 Å². The molecule has 3 N–H and O–H groups in total. The number of esters is 1. The van der Waals surface area contributed by atoms with E-state index in [1.165, 1.54) is 70.6 Å². The van der Waals surface area contributed by atoms with Crippen molar-refractivity contribution in [1.82, 2.24) is 0 Å². The van der Waals surface area contributed by atoms with E-state index in [9.17, 15) is 24.9 Å². The first-order valence-corrected chi connectivity index (χ1v) is 15.4. The summed E-state index contributed by atoms with van der Waals surface area (Å²) in [5, 5.41) is 30.5. The second kappa shape index (κ2) is 22.7. The van der Waals surface area contributed by atoms with Gasteiger partial charge in [-0.3, -0.25) is 9.59 Å². The van der Waals surface area contributed by atoms with Crippen LogP contribution in [0.5, 0.6) is 0 Å². The maximum Gasteiger partial charge on any atom is 0.313 e. The Hall–Kier alpha value is -1.06. The van der Waals surface area contributed by atoms with Crippen LogP contribution in [0.4, 0.5) is 0 Å². The first-order valence-electron chi connectivity index (χ1n) is 15.4. The molecule has 38 heavy (non-hydrogen) atoms. The van der Waals surface area contributed by atoms with Crippen LogP contribution in [0.15, 0.2) is 0 Å². The van der Waals surface area contributed by atoms with Gasteiger partial charge >= 0.3 is 5.97 Å². The highest BCUT2D eigenvalue weighted by molar-refractivity contribution is 5.95. The number of unbranched alkanes of at least 4 members (excludes halogenated alkanes) is 15. The Balaban J connectivity index is 2.37. The predicted molar refractivity (Wildman–Crippen MR) is 148 cm³/mol. The van der Waals surface area contributed by atoms with Crippen molar-refractivity contribution in [3.8, 4) is 0 Å². The maximum absolute atomic E-state index is 12.5. The molecular formula is C30H56O8. The fraction of sp³-hybridized carbons (Fsp3) is 0.933. The molecule has 0 aromatic heterocycles. The van der Waals surface area contributed by atoms with Gasteiger partial charge in [0.05, 0.1) is 6.61 Å². The molecule has 1 fully saturated rings. The number of carbonyl (C=O) groups excluding carboxylic acids is 2. The molecule has 1 rings (SSSR count). The van der Waals surface area contributed by atoms with Crippen molar-refractivity contribution in [2.45, 2.75) is 167 Å². The number of aliphatic hydroxyl groups excluding tert-OH is 3. The summed E-state index contributed by atoms with van der Waals surface area (Å²) in [7, 11) is 0. The molecule has 8 nitrogen and oxygen atoms in total. The zero-order valence-corrected chi connectivity index (χ0v) is 24.1. The highest BCUT2D eigenvalue weighted by atomic mass is 16.7. The molecule has 1 unspecified atom stereocenters. The van der Waals surface area contributed by atoms with E-state index in [1.54, 1.807) is 0 Å². The van der Waals surface area contributed by atoms with Crippen LogP contribution in [0.1, 0.15) is 136 Å². The van der Waals surface area contributed by atoms with Crippen molar-refractivity contribution >= 4 is 11.8 Å². The van der Waals surface area contributed by atoms with E-state index >= 15 is 0 Å². The lowest BCUT2D eigenvalue weighted by atomic mass is 9.98. The summed E-state index contributed by atoms with van der Waals surface area (Å²) in [6.07, 6.45) is 13.1. The molecule has 0 aliphatic carbocycles. The first-order chi connectivity index (χ1) is 18.4. The Labute approximate surface area is 230 Å². The lowest BCUT2D eigenvalue weighted by Gasteiger charge is -2.41. The SMILES string of the molecule is CCCCCCCCCCCC(=O)CC(=O)O[C@H]1C(O)O[C@H](CO)[C@@H](O)[C@@H]1OCCCCCCCCCC. The van der Waals surface area contributed by atoms with Gasteiger partial charge in [-0.15, -0.1) is 0 Å². The summed E-state index contributed by atoms with van der Waals surface area (Å²) in [5.41, 5.74) is 0. The third-order valence-corrected chi connectivity index (χ3v) is 7.29. The fourth-order valence-electron chi connectivity index (χ4n) is 4.91. The molecule has 0 amide bonds. The number of ether oxygens (including phenoxy) is 3. The average Bonchev–Trinajstić information content (AvgIpc) is 2.89. The van der Waals surface area contributed by atoms with Crippen LogP contribution >= 0.6 is 0 Å². The minimum atomic E-state index is -1.56. The van der Waals surface area contributed by atoms with Gasteiger partial charge in [0.1, 0.15) is 30.5 Å². The zero-order valence-electron chi connectivity index (χ0n) is 24.1. The van der Waals surface area contributed by atoms with E-state index in [4.69, 9.17) is 14.2 Å². The number of aliphatic hydroxyl groups is 3. The minimum Gasteiger partial charge on any atom is -0.454 e. The fourth-order valence-corrected chi connectivity index (χ4v) is 4.91. The third kappa shape index (κ3) is 15.5. The molecule has 1 saturated heterocycles. The van der Waals surface area contributed by atoms with E-state index in [2.05, 4.69) is 13.8 Å². The molecule has 1 heterocycles. The lowest BCUT2D eigenvalue weighted by Crippen LogP contribution is -2.60. The number of carbonyl (C=O) groups is 2. The Kier molecular flexibility index (Phi) is 20.9. The van der Waals surface area contributed by atoms with Crippen molar-refractivity contribution in [2.24, 2.45) is 0 Å². The number of ketones is 1. The predicted octanol–water partition coefficient (Wildman–Crippen LogP) is 5.37. The molecule has 0 aromatic carbocycles. The Morgan fingerprint density at radius 2 is 1.21 bits per heavy atom. The van der Waals surface area contributed by atoms with Crippen molar-refractivity contribution in [2.75, 3.05) is 13.2 Å². The highest BCUT2D eigenvalue weighted by Gasteiger charge is 2.47. The monoisotopic (exact) mass is 544 g/mol. The molecule has 224 valence electrons. The quantitative estimate of drug-likeness (QED) is 0.0841. The number of hydrogen-bond acceptors (Lipinski definition) is 8. The van der Waals surface area contributed by atoms with Gasteiger partial charge in [0.25, 0.3) is 0 Å². The van der Waals surface area contributed by atoms with E-state index in [0.29, 0.717) is 13.0 Å². The normalized spacial score (nSPS) is 23.4. The smallest absolute Gasteiger partial charge is 0.313 e. The summed E-state index contributed by atoms with van der Waals surface area (Å²) in [6, 6.07) is 0. The molecule has 0 aromatic rings. The first kappa shape index (κ1) is 35.0. The standard InChI is InChI=1S/C30H56O8/c1-3-5-7-9-11-13-14-16-18-20-24(32)22-26(33)38-29-28(27(34)25(23-31)37-30(29)35)36-21-19-17-15-12-10-8-6-4-2/h25,27-31,34-35H,3-23H2,1-2H3/t25-,27-,28+,29-,30?/m1/s1. The van der Waals surface area contributed by atoms with Crippen molar-refractivity contribution in [3.63, 3.8) is 0 Å². The second-order valence-electron chi connectivity index (χ2n) is 10.8. The van der Waals surface area contributed by atoms with Crippen LogP contribution in [-0.4, -0.2) is 71.0 Å². The van der Waals surface area contributed by atoms with Crippen molar-refractivity contribution < 1.29 is 39.1 Å². The third-order valence-electron chi connectivity index (χ3n) is 7.29. The van der Waals surface area contributed by atoms with Crippen LogP contribution in [0.25, 0.3) is 0 Å². The average molecular weight is 545 g/mol. The van der Waals surface area contributed by atoms with Gasteiger partial charge < -0.3 is 29.5 Å². The molecule has 0 saturated carbocycles. The summed E-state index contributed by atoms with van der Waals surface area (Å²) >= 11 is 0. The van der Waals surface area contributed by atoms with Crippen LogP contribution in [-0.2, 0) is 23.8 Å². The van der Waals surface area contributed by atoms with Crippen LogP contribution in [0.3, 0.4) is 0 Å². The van der Waals surface area contributed by atoms with Crippen molar-refractivity contribution in [1.29, 1.82) is 0 Å². The second-order valence-corrected chi connectivity index (χ2v) is 10.8.